The van der Waals surface area contributed by atoms with E-state index in [-0.39, 0.29) is 0 Å². The minimum Gasteiger partial charge on any atom is -0.324 e. The van der Waals surface area contributed by atoms with Gasteiger partial charge in [-0.05, 0) is 37.1 Å². The second-order valence-corrected chi connectivity index (χ2v) is 4.24. The molecule has 1 heterocycles. The number of nitrogens with two attached hydrogens (primary N) is 1. The SMILES string of the molecule is Cc1ccc(-n2c(CN)nnc2CCl)cc1C. The van der Waals surface area contributed by atoms with Gasteiger partial charge in [0, 0.05) is 5.69 Å². The predicted octanol–water partition coefficient (Wildman–Crippen LogP) is 2.08. The van der Waals surface area contributed by atoms with Crippen LogP contribution < -0.4 is 5.73 Å². The normalized spacial score (nSPS) is 10.8. The van der Waals surface area contributed by atoms with Crippen molar-refractivity contribution in [1.82, 2.24) is 14.8 Å². The van der Waals surface area contributed by atoms with Crippen LogP contribution in [0.5, 0.6) is 0 Å². The van der Waals surface area contributed by atoms with Gasteiger partial charge in [0.15, 0.2) is 11.6 Å². The molecular formula is C12H15ClN4. The van der Waals surface area contributed by atoms with Gasteiger partial charge < -0.3 is 5.73 Å². The van der Waals surface area contributed by atoms with E-state index >= 15 is 0 Å². The monoisotopic (exact) mass is 250 g/mol. The summed E-state index contributed by atoms with van der Waals surface area (Å²) in [4.78, 5) is 0. The molecule has 0 spiro atoms. The summed E-state index contributed by atoms with van der Waals surface area (Å²) in [6, 6.07) is 6.19. The maximum Gasteiger partial charge on any atom is 0.152 e. The Balaban J connectivity index is 2.58. The smallest absolute Gasteiger partial charge is 0.152 e. The molecule has 0 atom stereocenters. The van der Waals surface area contributed by atoms with Crippen LogP contribution in [0, 0.1) is 13.8 Å². The first kappa shape index (κ1) is 12.1. The molecule has 0 unspecified atom stereocenters. The Morgan fingerprint density at radius 1 is 1.18 bits per heavy atom. The highest BCUT2D eigenvalue weighted by molar-refractivity contribution is 6.16. The lowest BCUT2D eigenvalue weighted by atomic mass is 10.1. The van der Waals surface area contributed by atoms with Crippen LogP contribution in [-0.2, 0) is 12.4 Å². The average molecular weight is 251 g/mol. The second kappa shape index (κ2) is 4.85. The molecule has 0 bridgehead atoms. The number of rotatable bonds is 3. The van der Waals surface area contributed by atoms with Gasteiger partial charge in [0.25, 0.3) is 0 Å². The Labute approximate surface area is 105 Å². The first-order valence-corrected chi connectivity index (χ1v) is 5.97. The first-order valence-electron chi connectivity index (χ1n) is 5.44. The minimum absolute atomic E-state index is 0.319. The van der Waals surface area contributed by atoms with Crippen molar-refractivity contribution in [1.29, 1.82) is 0 Å². The van der Waals surface area contributed by atoms with Gasteiger partial charge in [-0.2, -0.15) is 0 Å². The van der Waals surface area contributed by atoms with Crippen LogP contribution >= 0.6 is 11.6 Å². The molecule has 90 valence electrons. The molecule has 2 N–H and O–H groups in total. The summed E-state index contributed by atoms with van der Waals surface area (Å²) >= 11 is 5.86. The molecule has 0 fully saturated rings. The van der Waals surface area contributed by atoms with E-state index in [9.17, 15) is 0 Å². The Morgan fingerprint density at radius 3 is 2.47 bits per heavy atom. The summed E-state index contributed by atoms with van der Waals surface area (Å²) in [7, 11) is 0. The summed E-state index contributed by atoms with van der Waals surface area (Å²) in [6.45, 7) is 4.50. The molecule has 0 aliphatic carbocycles. The summed E-state index contributed by atoms with van der Waals surface area (Å²) in [6.07, 6.45) is 0. The van der Waals surface area contributed by atoms with E-state index in [1.807, 2.05) is 10.6 Å². The quantitative estimate of drug-likeness (QED) is 0.849. The molecule has 0 aliphatic heterocycles. The highest BCUT2D eigenvalue weighted by atomic mass is 35.5. The summed E-state index contributed by atoms with van der Waals surface area (Å²) in [5.74, 6) is 1.76. The molecule has 0 radical (unpaired) electrons. The van der Waals surface area contributed by atoms with Gasteiger partial charge in [0.05, 0.1) is 12.4 Å². The fourth-order valence-corrected chi connectivity index (χ4v) is 1.91. The molecule has 0 aliphatic rings. The van der Waals surface area contributed by atoms with E-state index in [0.29, 0.717) is 12.4 Å². The third-order valence-electron chi connectivity index (χ3n) is 2.85. The lowest BCUT2D eigenvalue weighted by molar-refractivity contribution is 0.846. The zero-order valence-electron chi connectivity index (χ0n) is 9.94. The Hall–Kier alpha value is -1.39. The van der Waals surface area contributed by atoms with Gasteiger partial charge >= 0.3 is 0 Å². The van der Waals surface area contributed by atoms with Crippen LogP contribution in [0.2, 0.25) is 0 Å². The van der Waals surface area contributed by atoms with E-state index < -0.39 is 0 Å². The Kier molecular flexibility index (Phi) is 3.45. The van der Waals surface area contributed by atoms with Crippen LogP contribution in [-0.4, -0.2) is 14.8 Å². The molecule has 2 rings (SSSR count). The largest absolute Gasteiger partial charge is 0.324 e. The number of aryl methyl sites for hydroxylation is 2. The van der Waals surface area contributed by atoms with E-state index in [0.717, 1.165) is 17.3 Å². The van der Waals surface area contributed by atoms with Crippen LogP contribution in [0.15, 0.2) is 18.2 Å². The average Bonchev–Trinajstić information content (AvgIpc) is 2.75. The molecule has 0 amide bonds. The summed E-state index contributed by atoms with van der Waals surface area (Å²) in [5, 5.41) is 8.07. The molecular weight excluding hydrogens is 236 g/mol. The van der Waals surface area contributed by atoms with Gasteiger partial charge in [0.1, 0.15) is 0 Å². The number of halogens is 1. The lowest BCUT2D eigenvalue weighted by Crippen LogP contribution is -2.09. The second-order valence-electron chi connectivity index (χ2n) is 3.97. The van der Waals surface area contributed by atoms with E-state index in [1.54, 1.807) is 0 Å². The van der Waals surface area contributed by atoms with Gasteiger partial charge in [-0.15, -0.1) is 21.8 Å². The third-order valence-corrected chi connectivity index (χ3v) is 3.09. The maximum absolute atomic E-state index is 5.86. The number of hydrogen-bond donors (Lipinski definition) is 1. The zero-order valence-corrected chi connectivity index (χ0v) is 10.7. The van der Waals surface area contributed by atoms with Crippen molar-refractivity contribution in [3.63, 3.8) is 0 Å². The number of benzene rings is 1. The van der Waals surface area contributed by atoms with Crippen molar-refractivity contribution in [2.24, 2.45) is 5.73 Å². The zero-order chi connectivity index (χ0) is 12.4. The summed E-state index contributed by atoms with van der Waals surface area (Å²) < 4.78 is 1.92. The van der Waals surface area contributed by atoms with Gasteiger partial charge in [-0.25, -0.2) is 0 Å². The number of nitrogens with zero attached hydrogens (tertiary/aromatic N) is 3. The van der Waals surface area contributed by atoms with Crippen molar-refractivity contribution in [3.8, 4) is 5.69 Å². The van der Waals surface area contributed by atoms with Crippen molar-refractivity contribution >= 4 is 11.6 Å². The predicted molar refractivity (Wildman–Crippen MR) is 68.3 cm³/mol. The highest BCUT2D eigenvalue weighted by Crippen LogP contribution is 2.18. The van der Waals surface area contributed by atoms with Gasteiger partial charge in [-0.3, -0.25) is 4.57 Å². The van der Waals surface area contributed by atoms with Crippen molar-refractivity contribution in [3.05, 3.63) is 41.0 Å². The Bertz CT molecular complexity index is 512. The molecule has 0 saturated heterocycles. The molecule has 2 aromatic rings. The van der Waals surface area contributed by atoms with Crippen LogP contribution in [0.25, 0.3) is 5.69 Å². The third kappa shape index (κ3) is 2.18. The minimum atomic E-state index is 0.319. The topological polar surface area (TPSA) is 56.7 Å². The van der Waals surface area contributed by atoms with Crippen LogP contribution in [0.3, 0.4) is 0 Å². The van der Waals surface area contributed by atoms with E-state index in [2.05, 4.69) is 36.2 Å². The fourth-order valence-electron chi connectivity index (χ4n) is 1.74. The van der Waals surface area contributed by atoms with E-state index in [4.69, 9.17) is 17.3 Å². The number of aromatic nitrogens is 3. The molecule has 1 aromatic carbocycles. The highest BCUT2D eigenvalue weighted by Gasteiger charge is 2.12. The summed E-state index contributed by atoms with van der Waals surface area (Å²) in [5.41, 5.74) is 9.14. The maximum atomic E-state index is 5.86. The van der Waals surface area contributed by atoms with E-state index in [1.165, 1.54) is 11.1 Å². The van der Waals surface area contributed by atoms with Crippen molar-refractivity contribution in [2.45, 2.75) is 26.3 Å². The molecule has 5 heteroatoms. The van der Waals surface area contributed by atoms with Crippen molar-refractivity contribution < 1.29 is 0 Å². The van der Waals surface area contributed by atoms with Crippen LogP contribution in [0.4, 0.5) is 0 Å². The molecule has 1 aromatic heterocycles. The van der Waals surface area contributed by atoms with Gasteiger partial charge in [0.2, 0.25) is 0 Å². The van der Waals surface area contributed by atoms with Crippen molar-refractivity contribution in [2.75, 3.05) is 0 Å². The number of alkyl halides is 1. The van der Waals surface area contributed by atoms with Gasteiger partial charge in [-0.1, -0.05) is 6.07 Å². The molecule has 17 heavy (non-hydrogen) atoms. The molecule has 4 nitrogen and oxygen atoms in total. The standard InChI is InChI=1S/C12H15ClN4/c1-8-3-4-10(5-9(8)2)17-11(6-13)15-16-12(17)7-14/h3-5H,6-7,14H2,1-2H3. The van der Waals surface area contributed by atoms with Crippen LogP contribution in [0.1, 0.15) is 22.8 Å². The fraction of sp³-hybridized carbons (Fsp3) is 0.333. The number of hydrogen-bond acceptors (Lipinski definition) is 3. The first-order chi connectivity index (χ1) is 8.17. The molecule has 0 saturated carbocycles. The lowest BCUT2D eigenvalue weighted by Gasteiger charge is -2.10. The Morgan fingerprint density at radius 2 is 1.88 bits per heavy atom.